The zero-order valence-corrected chi connectivity index (χ0v) is 13.6. The summed E-state index contributed by atoms with van der Waals surface area (Å²) in [6.07, 6.45) is 5.03. The van der Waals surface area contributed by atoms with Gasteiger partial charge in [-0.1, -0.05) is 6.92 Å². The fraction of sp³-hybridized carbons (Fsp3) is 1.00. The predicted octanol–water partition coefficient (Wildman–Crippen LogP) is 1.42. The lowest BCUT2D eigenvalue weighted by atomic mass is 9.88. The van der Waals surface area contributed by atoms with Gasteiger partial charge in [0.25, 0.3) is 0 Å². The molecule has 2 aliphatic rings. The molecule has 0 aromatic heterocycles. The van der Waals surface area contributed by atoms with Crippen molar-refractivity contribution in [3.63, 3.8) is 0 Å². The highest BCUT2D eigenvalue weighted by molar-refractivity contribution is 4.87. The highest BCUT2D eigenvalue weighted by Gasteiger charge is 2.30. The van der Waals surface area contributed by atoms with Crippen LogP contribution < -0.4 is 5.32 Å². The van der Waals surface area contributed by atoms with Crippen LogP contribution in [0, 0.1) is 5.92 Å². The molecule has 1 N–H and O–H groups in total. The number of hydrogen-bond donors (Lipinski definition) is 1. The molecule has 2 fully saturated rings. The van der Waals surface area contributed by atoms with E-state index in [4.69, 9.17) is 4.74 Å². The maximum atomic E-state index is 5.72. The third-order valence-electron chi connectivity index (χ3n) is 4.93. The average Bonchev–Trinajstić information content (AvgIpc) is 2.48. The van der Waals surface area contributed by atoms with Gasteiger partial charge in [-0.2, -0.15) is 0 Å². The molecule has 20 heavy (non-hydrogen) atoms. The zero-order chi connectivity index (χ0) is 14.4. The van der Waals surface area contributed by atoms with E-state index in [1.54, 1.807) is 0 Å². The summed E-state index contributed by atoms with van der Waals surface area (Å²) in [6.45, 7) is 8.90. The molecule has 0 bridgehead atoms. The first kappa shape index (κ1) is 16.2. The van der Waals surface area contributed by atoms with Crippen molar-refractivity contribution in [2.75, 3.05) is 53.5 Å². The van der Waals surface area contributed by atoms with Crippen LogP contribution in [0.4, 0.5) is 0 Å². The molecule has 2 aliphatic heterocycles. The van der Waals surface area contributed by atoms with Crippen LogP contribution in [0.3, 0.4) is 0 Å². The Hall–Kier alpha value is -0.160. The van der Waals surface area contributed by atoms with Gasteiger partial charge in [0.1, 0.15) is 0 Å². The number of nitrogens with zero attached hydrogens (tertiary/aromatic N) is 2. The molecule has 3 atom stereocenters. The second-order valence-corrected chi connectivity index (χ2v) is 6.67. The van der Waals surface area contributed by atoms with Crippen LogP contribution in [0.15, 0.2) is 0 Å². The number of rotatable bonds is 6. The van der Waals surface area contributed by atoms with Crippen molar-refractivity contribution in [1.82, 2.24) is 15.1 Å². The van der Waals surface area contributed by atoms with E-state index < -0.39 is 0 Å². The molecule has 0 spiro atoms. The minimum absolute atomic E-state index is 0.620. The van der Waals surface area contributed by atoms with Crippen LogP contribution in [0.2, 0.25) is 0 Å². The van der Waals surface area contributed by atoms with Crippen LogP contribution in [0.1, 0.15) is 32.6 Å². The van der Waals surface area contributed by atoms with Crippen molar-refractivity contribution < 1.29 is 4.74 Å². The molecular formula is C16H33N3O. The van der Waals surface area contributed by atoms with E-state index in [-0.39, 0.29) is 0 Å². The maximum absolute atomic E-state index is 5.72. The number of nitrogens with one attached hydrogen (secondary N) is 1. The molecule has 0 radical (unpaired) electrons. The highest BCUT2D eigenvalue weighted by atomic mass is 16.5. The molecule has 2 rings (SSSR count). The van der Waals surface area contributed by atoms with Crippen molar-refractivity contribution >= 4 is 0 Å². The normalized spacial score (nSPS) is 31.4. The Morgan fingerprint density at radius 3 is 2.85 bits per heavy atom. The topological polar surface area (TPSA) is 27.7 Å². The summed E-state index contributed by atoms with van der Waals surface area (Å²) >= 11 is 0. The molecule has 4 heteroatoms. The molecule has 0 aliphatic carbocycles. The number of ether oxygens (including phenoxy) is 1. The maximum Gasteiger partial charge on any atom is 0.0509 e. The summed E-state index contributed by atoms with van der Waals surface area (Å²) in [5.41, 5.74) is 0. The van der Waals surface area contributed by atoms with Crippen LogP contribution in [-0.4, -0.2) is 75.4 Å². The Labute approximate surface area is 124 Å². The van der Waals surface area contributed by atoms with Gasteiger partial charge in [-0.15, -0.1) is 0 Å². The van der Waals surface area contributed by atoms with E-state index in [9.17, 15) is 0 Å². The first-order chi connectivity index (χ1) is 9.70. The third kappa shape index (κ3) is 4.69. The van der Waals surface area contributed by atoms with Gasteiger partial charge in [0.2, 0.25) is 0 Å². The lowest BCUT2D eigenvalue weighted by molar-refractivity contribution is 0.0268. The molecule has 0 saturated carbocycles. The van der Waals surface area contributed by atoms with Gasteiger partial charge < -0.3 is 19.9 Å². The first-order valence-corrected chi connectivity index (χ1v) is 8.40. The van der Waals surface area contributed by atoms with Gasteiger partial charge in [0.05, 0.1) is 6.61 Å². The molecule has 3 unspecified atom stereocenters. The minimum Gasteiger partial charge on any atom is -0.381 e. The van der Waals surface area contributed by atoms with Gasteiger partial charge in [0, 0.05) is 38.3 Å². The number of piperazine rings is 1. The second kappa shape index (κ2) is 8.32. The zero-order valence-electron chi connectivity index (χ0n) is 13.6. The SMILES string of the molecule is CCCNC(CC1CN(C)CCN1C)C1CCCOC1. The summed E-state index contributed by atoms with van der Waals surface area (Å²) in [4.78, 5) is 5.02. The molecule has 0 aromatic rings. The standard InChI is InChI=1S/C16H33N3O/c1-4-7-17-16(14-6-5-10-20-13-14)11-15-12-18(2)8-9-19(15)3/h14-17H,4-13H2,1-3H3. The smallest absolute Gasteiger partial charge is 0.0509 e. The van der Waals surface area contributed by atoms with Crippen molar-refractivity contribution in [3.8, 4) is 0 Å². The number of likely N-dealkylation sites (N-methyl/N-ethyl adjacent to an activating group) is 2. The number of hydrogen-bond acceptors (Lipinski definition) is 4. The average molecular weight is 283 g/mol. The Morgan fingerprint density at radius 1 is 1.30 bits per heavy atom. The van der Waals surface area contributed by atoms with Crippen molar-refractivity contribution in [1.29, 1.82) is 0 Å². The van der Waals surface area contributed by atoms with Crippen molar-refractivity contribution in [2.45, 2.75) is 44.7 Å². The van der Waals surface area contributed by atoms with Crippen LogP contribution in [-0.2, 0) is 4.74 Å². The second-order valence-electron chi connectivity index (χ2n) is 6.67. The van der Waals surface area contributed by atoms with Gasteiger partial charge >= 0.3 is 0 Å². The molecule has 4 nitrogen and oxygen atoms in total. The Kier molecular flexibility index (Phi) is 6.75. The summed E-state index contributed by atoms with van der Waals surface area (Å²) in [5, 5.41) is 3.80. The first-order valence-electron chi connectivity index (χ1n) is 8.40. The summed E-state index contributed by atoms with van der Waals surface area (Å²) in [7, 11) is 4.53. The largest absolute Gasteiger partial charge is 0.381 e. The van der Waals surface area contributed by atoms with E-state index in [0.29, 0.717) is 18.0 Å². The Morgan fingerprint density at radius 2 is 2.15 bits per heavy atom. The molecule has 0 amide bonds. The molecule has 2 saturated heterocycles. The van der Waals surface area contributed by atoms with Gasteiger partial charge in [0.15, 0.2) is 0 Å². The minimum atomic E-state index is 0.620. The van der Waals surface area contributed by atoms with Crippen LogP contribution >= 0.6 is 0 Å². The lowest BCUT2D eigenvalue weighted by Crippen LogP contribution is -2.53. The van der Waals surface area contributed by atoms with Crippen molar-refractivity contribution in [2.24, 2.45) is 5.92 Å². The Bertz CT molecular complexity index is 268. The summed E-state index contributed by atoms with van der Waals surface area (Å²) in [5.74, 6) is 0.705. The molecular weight excluding hydrogens is 250 g/mol. The van der Waals surface area contributed by atoms with Crippen LogP contribution in [0.5, 0.6) is 0 Å². The van der Waals surface area contributed by atoms with E-state index in [1.807, 2.05) is 0 Å². The predicted molar refractivity (Wildman–Crippen MR) is 84.2 cm³/mol. The quantitative estimate of drug-likeness (QED) is 0.798. The monoisotopic (exact) mass is 283 g/mol. The highest BCUT2D eigenvalue weighted by Crippen LogP contribution is 2.23. The molecule has 2 heterocycles. The fourth-order valence-corrected chi connectivity index (χ4v) is 3.50. The van der Waals surface area contributed by atoms with Gasteiger partial charge in [-0.05, 0) is 52.2 Å². The summed E-state index contributed by atoms with van der Waals surface area (Å²) < 4.78 is 5.72. The van der Waals surface area contributed by atoms with E-state index in [1.165, 1.54) is 45.3 Å². The van der Waals surface area contributed by atoms with Gasteiger partial charge in [-0.25, -0.2) is 0 Å². The van der Waals surface area contributed by atoms with E-state index >= 15 is 0 Å². The Balaban J connectivity index is 1.91. The van der Waals surface area contributed by atoms with Gasteiger partial charge in [-0.3, -0.25) is 0 Å². The third-order valence-corrected chi connectivity index (χ3v) is 4.93. The lowest BCUT2D eigenvalue weighted by Gasteiger charge is -2.41. The van der Waals surface area contributed by atoms with E-state index in [2.05, 4.69) is 36.1 Å². The van der Waals surface area contributed by atoms with E-state index in [0.717, 1.165) is 19.8 Å². The fourth-order valence-electron chi connectivity index (χ4n) is 3.50. The molecule has 0 aromatic carbocycles. The summed E-state index contributed by atoms with van der Waals surface area (Å²) in [6, 6.07) is 1.30. The van der Waals surface area contributed by atoms with Crippen molar-refractivity contribution in [3.05, 3.63) is 0 Å². The van der Waals surface area contributed by atoms with Crippen LogP contribution in [0.25, 0.3) is 0 Å². The molecule has 118 valence electrons.